The lowest BCUT2D eigenvalue weighted by atomic mass is 10.1. The zero-order valence-electron chi connectivity index (χ0n) is 10.8. The molecule has 0 bridgehead atoms. The van der Waals surface area contributed by atoms with E-state index in [1.165, 1.54) is 0 Å². The lowest BCUT2D eigenvalue weighted by molar-refractivity contribution is 0.0317. The van der Waals surface area contributed by atoms with Gasteiger partial charge in [0.1, 0.15) is 11.3 Å². The van der Waals surface area contributed by atoms with Crippen LogP contribution in [0.1, 0.15) is 61.5 Å². The van der Waals surface area contributed by atoms with Crippen LogP contribution in [-0.2, 0) is 4.74 Å². The van der Waals surface area contributed by atoms with Gasteiger partial charge >= 0.3 is 5.97 Å². The maximum absolute atomic E-state index is 12.0. The van der Waals surface area contributed by atoms with Crippen molar-refractivity contribution >= 4 is 17.6 Å². The first kappa shape index (κ1) is 13.3. The summed E-state index contributed by atoms with van der Waals surface area (Å²) in [6.45, 7) is 4.04. The summed E-state index contributed by atoms with van der Waals surface area (Å²) in [5.41, 5.74) is 1.33. The molecule has 0 saturated heterocycles. The summed E-state index contributed by atoms with van der Waals surface area (Å²) in [4.78, 5) is 16.2. The van der Waals surface area contributed by atoms with Crippen LogP contribution in [0.4, 0.5) is 0 Å². The molecule has 0 aromatic carbocycles. The van der Waals surface area contributed by atoms with Crippen LogP contribution < -0.4 is 0 Å². The van der Waals surface area contributed by atoms with Gasteiger partial charge in [0, 0.05) is 5.69 Å². The zero-order valence-corrected chi connectivity index (χ0v) is 11.5. The Kier molecular flexibility index (Phi) is 4.23. The highest BCUT2D eigenvalue weighted by Crippen LogP contribution is 2.23. The lowest BCUT2D eigenvalue weighted by Crippen LogP contribution is -2.15. The molecule has 98 valence electrons. The second-order valence-electron chi connectivity index (χ2n) is 5.07. The minimum Gasteiger partial charge on any atom is -0.459 e. The highest BCUT2D eigenvalue weighted by molar-refractivity contribution is 6.29. The summed E-state index contributed by atoms with van der Waals surface area (Å²) >= 11 is 5.94. The summed E-state index contributed by atoms with van der Waals surface area (Å²) in [5.74, 6) is -0.0465. The average Bonchev–Trinajstić information content (AvgIpc) is 2.80. The highest BCUT2D eigenvalue weighted by atomic mass is 35.5. The first-order chi connectivity index (χ1) is 8.56. The molecule has 0 spiro atoms. The third kappa shape index (κ3) is 3.22. The van der Waals surface area contributed by atoms with E-state index in [4.69, 9.17) is 16.3 Å². The molecule has 2 rings (SSSR count). The minimum absolute atomic E-state index is 0.0759. The first-order valence-electron chi connectivity index (χ1n) is 6.44. The number of hydrogen-bond donors (Lipinski definition) is 0. The van der Waals surface area contributed by atoms with Crippen molar-refractivity contribution in [3.05, 3.63) is 28.5 Å². The van der Waals surface area contributed by atoms with E-state index >= 15 is 0 Å². The zero-order chi connectivity index (χ0) is 13.1. The maximum Gasteiger partial charge on any atom is 0.338 e. The van der Waals surface area contributed by atoms with Gasteiger partial charge in [0.15, 0.2) is 0 Å². The molecule has 1 fully saturated rings. The lowest BCUT2D eigenvalue weighted by Gasteiger charge is -2.12. The number of aromatic nitrogens is 1. The van der Waals surface area contributed by atoms with Crippen LogP contribution in [-0.4, -0.2) is 17.1 Å². The van der Waals surface area contributed by atoms with E-state index < -0.39 is 0 Å². The molecule has 4 heteroatoms. The summed E-state index contributed by atoms with van der Waals surface area (Å²) in [6, 6.07) is 3.35. The van der Waals surface area contributed by atoms with E-state index in [1.807, 2.05) is 13.8 Å². The molecule has 1 aliphatic carbocycles. The van der Waals surface area contributed by atoms with Crippen LogP contribution in [0.15, 0.2) is 12.1 Å². The predicted molar refractivity (Wildman–Crippen MR) is 71.0 cm³/mol. The van der Waals surface area contributed by atoms with Crippen LogP contribution in [0.2, 0.25) is 5.15 Å². The largest absolute Gasteiger partial charge is 0.459 e. The van der Waals surface area contributed by atoms with Crippen molar-refractivity contribution in [1.29, 1.82) is 0 Å². The Bertz CT molecular complexity index is 439. The molecule has 0 atom stereocenters. The van der Waals surface area contributed by atoms with Gasteiger partial charge in [-0.05, 0) is 43.7 Å². The third-order valence-electron chi connectivity index (χ3n) is 3.22. The average molecular weight is 268 g/mol. The number of halogens is 1. The molecule has 18 heavy (non-hydrogen) atoms. The number of carbonyl (C=O) groups excluding carboxylic acids is 1. The van der Waals surface area contributed by atoms with Gasteiger partial charge in [0.05, 0.1) is 5.56 Å². The Balaban J connectivity index is 2.13. The fraction of sp³-hybridized carbons (Fsp3) is 0.571. The van der Waals surface area contributed by atoms with Gasteiger partial charge in [-0.3, -0.25) is 0 Å². The number of carbonyl (C=O) groups is 1. The topological polar surface area (TPSA) is 39.2 Å². The molecular formula is C14H18ClNO2. The Morgan fingerprint density at radius 1 is 1.39 bits per heavy atom. The molecule has 0 unspecified atom stereocenters. The third-order valence-corrected chi connectivity index (χ3v) is 3.41. The van der Waals surface area contributed by atoms with Crippen molar-refractivity contribution in [3.63, 3.8) is 0 Å². The fourth-order valence-corrected chi connectivity index (χ4v) is 2.37. The van der Waals surface area contributed by atoms with Crippen molar-refractivity contribution in [2.75, 3.05) is 0 Å². The number of hydrogen-bond acceptors (Lipinski definition) is 3. The molecule has 0 aliphatic heterocycles. The van der Waals surface area contributed by atoms with Crippen molar-refractivity contribution in [3.8, 4) is 0 Å². The number of ether oxygens (including phenoxy) is 1. The van der Waals surface area contributed by atoms with Gasteiger partial charge in [-0.15, -0.1) is 0 Å². The normalized spacial score (nSPS) is 16.2. The molecule has 3 nitrogen and oxygen atoms in total. The molecule has 0 N–H and O–H groups in total. The van der Waals surface area contributed by atoms with E-state index in [1.54, 1.807) is 12.1 Å². The number of pyridine rings is 1. The number of esters is 1. The van der Waals surface area contributed by atoms with Gasteiger partial charge in [-0.25, -0.2) is 9.78 Å². The number of rotatable bonds is 3. The van der Waals surface area contributed by atoms with Crippen molar-refractivity contribution in [1.82, 2.24) is 4.98 Å². The standard InChI is InChI=1S/C14H18ClNO2/c1-9(2)12-7-10(8-13(15)16-12)14(17)18-11-5-3-4-6-11/h7-9,11H,3-6H2,1-2H3. The monoisotopic (exact) mass is 267 g/mol. The Morgan fingerprint density at radius 3 is 2.67 bits per heavy atom. The SMILES string of the molecule is CC(C)c1cc(C(=O)OC2CCCC2)cc(Cl)n1. The van der Waals surface area contributed by atoms with Crippen molar-refractivity contribution in [2.24, 2.45) is 0 Å². The summed E-state index contributed by atoms with van der Waals surface area (Å²) in [6.07, 6.45) is 4.31. The second kappa shape index (κ2) is 5.70. The molecule has 1 aromatic heterocycles. The Morgan fingerprint density at radius 2 is 2.06 bits per heavy atom. The molecule has 0 amide bonds. The van der Waals surface area contributed by atoms with Gasteiger partial charge < -0.3 is 4.74 Å². The van der Waals surface area contributed by atoms with Gasteiger partial charge in [0.2, 0.25) is 0 Å². The summed E-state index contributed by atoms with van der Waals surface area (Å²) < 4.78 is 5.46. The smallest absolute Gasteiger partial charge is 0.338 e. The van der Waals surface area contributed by atoms with Crippen LogP contribution in [0.5, 0.6) is 0 Å². The molecule has 1 aliphatic rings. The molecule has 0 radical (unpaired) electrons. The van der Waals surface area contributed by atoms with Gasteiger partial charge in [0.25, 0.3) is 0 Å². The van der Waals surface area contributed by atoms with Gasteiger partial charge in [-0.1, -0.05) is 25.4 Å². The van der Waals surface area contributed by atoms with Crippen LogP contribution in [0.25, 0.3) is 0 Å². The summed E-state index contributed by atoms with van der Waals surface area (Å²) in [7, 11) is 0. The van der Waals surface area contributed by atoms with Crippen LogP contribution >= 0.6 is 11.6 Å². The molecule has 1 aromatic rings. The van der Waals surface area contributed by atoms with Crippen LogP contribution in [0, 0.1) is 0 Å². The fourth-order valence-electron chi connectivity index (χ4n) is 2.16. The van der Waals surface area contributed by atoms with Crippen LogP contribution in [0.3, 0.4) is 0 Å². The van der Waals surface area contributed by atoms with E-state index in [-0.39, 0.29) is 18.0 Å². The molecule has 1 saturated carbocycles. The Labute approximate surface area is 113 Å². The van der Waals surface area contributed by atoms with E-state index in [0.717, 1.165) is 31.4 Å². The van der Waals surface area contributed by atoms with Crippen molar-refractivity contribution < 1.29 is 9.53 Å². The maximum atomic E-state index is 12.0. The van der Waals surface area contributed by atoms with E-state index in [2.05, 4.69) is 4.98 Å². The quantitative estimate of drug-likeness (QED) is 0.615. The first-order valence-corrected chi connectivity index (χ1v) is 6.82. The van der Waals surface area contributed by atoms with E-state index in [0.29, 0.717) is 10.7 Å². The van der Waals surface area contributed by atoms with E-state index in [9.17, 15) is 4.79 Å². The number of nitrogens with zero attached hydrogens (tertiary/aromatic N) is 1. The second-order valence-corrected chi connectivity index (χ2v) is 5.46. The summed E-state index contributed by atoms with van der Waals surface area (Å²) in [5, 5.41) is 0.347. The minimum atomic E-state index is -0.284. The van der Waals surface area contributed by atoms with Gasteiger partial charge in [-0.2, -0.15) is 0 Å². The predicted octanol–water partition coefficient (Wildman–Crippen LogP) is 3.96. The molecule has 1 heterocycles. The van der Waals surface area contributed by atoms with Crippen molar-refractivity contribution in [2.45, 2.75) is 51.6 Å². The molecular weight excluding hydrogens is 250 g/mol. The Hall–Kier alpha value is -1.09. The highest BCUT2D eigenvalue weighted by Gasteiger charge is 2.21.